The number of carbonyl (C=O) groups excluding carboxylic acids is 2. The van der Waals surface area contributed by atoms with Gasteiger partial charge in [0.15, 0.2) is 11.5 Å². The fourth-order valence-corrected chi connectivity index (χ4v) is 3.99. The molecule has 0 bridgehead atoms. The van der Waals surface area contributed by atoms with Gasteiger partial charge in [-0.1, -0.05) is 6.07 Å². The van der Waals surface area contributed by atoms with Gasteiger partial charge < -0.3 is 19.1 Å². The van der Waals surface area contributed by atoms with Crippen LogP contribution in [0.2, 0.25) is 0 Å². The molecule has 1 aromatic rings. The van der Waals surface area contributed by atoms with Crippen LogP contribution in [-0.2, 0) is 14.3 Å². The molecule has 6 heteroatoms. The Morgan fingerprint density at radius 3 is 2.37 bits per heavy atom. The Balaban J connectivity index is 1.61. The number of piperidine rings is 1. The molecule has 27 heavy (non-hydrogen) atoms. The highest BCUT2D eigenvalue weighted by Gasteiger charge is 2.26. The summed E-state index contributed by atoms with van der Waals surface area (Å²) in [7, 11) is 2.97. The molecule has 1 saturated heterocycles. The van der Waals surface area contributed by atoms with Crippen LogP contribution < -0.4 is 9.47 Å². The van der Waals surface area contributed by atoms with Gasteiger partial charge in [-0.25, -0.2) is 0 Å². The number of rotatable bonds is 6. The van der Waals surface area contributed by atoms with E-state index in [1.54, 1.807) is 12.0 Å². The molecular weight excluding hydrogens is 346 g/mol. The highest BCUT2D eigenvalue weighted by Crippen LogP contribution is 2.37. The van der Waals surface area contributed by atoms with Crippen molar-refractivity contribution >= 4 is 11.9 Å². The van der Waals surface area contributed by atoms with Crippen molar-refractivity contribution in [2.24, 2.45) is 0 Å². The van der Waals surface area contributed by atoms with Gasteiger partial charge in [-0.2, -0.15) is 0 Å². The second kappa shape index (κ2) is 9.11. The van der Waals surface area contributed by atoms with Crippen molar-refractivity contribution in [2.75, 3.05) is 27.3 Å². The van der Waals surface area contributed by atoms with Crippen molar-refractivity contribution < 1.29 is 23.8 Å². The van der Waals surface area contributed by atoms with Gasteiger partial charge in [0.2, 0.25) is 5.91 Å². The molecule has 6 nitrogen and oxygen atoms in total. The van der Waals surface area contributed by atoms with Crippen molar-refractivity contribution in [3.8, 4) is 11.5 Å². The minimum atomic E-state index is -0.481. The fourth-order valence-electron chi connectivity index (χ4n) is 3.99. The van der Waals surface area contributed by atoms with Gasteiger partial charge in [0.05, 0.1) is 20.3 Å². The summed E-state index contributed by atoms with van der Waals surface area (Å²) in [6.07, 6.45) is 6.53. The van der Waals surface area contributed by atoms with Gasteiger partial charge in [-0.3, -0.25) is 9.59 Å². The van der Waals surface area contributed by atoms with Crippen LogP contribution in [-0.4, -0.2) is 50.2 Å². The lowest BCUT2D eigenvalue weighted by Gasteiger charge is -2.32. The van der Waals surface area contributed by atoms with Crippen molar-refractivity contribution in [3.05, 3.63) is 23.8 Å². The smallest absolute Gasteiger partial charge is 0.315 e. The lowest BCUT2D eigenvalue weighted by Crippen LogP contribution is -2.38. The summed E-state index contributed by atoms with van der Waals surface area (Å²) in [5.74, 6) is 1.35. The largest absolute Gasteiger partial charge is 0.493 e. The fraction of sp³-hybridized carbons (Fsp3) is 0.619. The van der Waals surface area contributed by atoms with Crippen LogP contribution in [0, 0.1) is 0 Å². The molecule has 3 rings (SSSR count). The molecule has 2 fully saturated rings. The van der Waals surface area contributed by atoms with Crippen LogP contribution in [0.1, 0.15) is 56.4 Å². The van der Waals surface area contributed by atoms with Crippen molar-refractivity contribution in [2.45, 2.75) is 57.0 Å². The zero-order valence-corrected chi connectivity index (χ0v) is 16.2. The molecule has 0 N–H and O–H groups in total. The van der Waals surface area contributed by atoms with Crippen LogP contribution in [0.5, 0.6) is 11.5 Å². The van der Waals surface area contributed by atoms with E-state index >= 15 is 0 Å². The van der Waals surface area contributed by atoms with Crippen molar-refractivity contribution in [1.82, 2.24) is 4.90 Å². The predicted octanol–water partition coefficient (Wildman–Crippen LogP) is 3.29. The van der Waals surface area contributed by atoms with Gasteiger partial charge in [0, 0.05) is 13.1 Å². The van der Waals surface area contributed by atoms with E-state index in [1.807, 2.05) is 6.07 Å². The molecule has 148 valence electrons. The van der Waals surface area contributed by atoms with Crippen LogP contribution in [0.25, 0.3) is 0 Å². The number of amides is 1. The van der Waals surface area contributed by atoms with Gasteiger partial charge in [-0.15, -0.1) is 0 Å². The number of carbonyl (C=O) groups is 2. The molecule has 2 aliphatic rings. The second-order valence-corrected chi connectivity index (χ2v) is 7.34. The number of hydrogen-bond acceptors (Lipinski definition) is 5. The summed E-state index contributed by atoms with van der Waals surface area (Å²) in [4.78, 5) is 25.2. The summed E-state index contributed by atoms with van der Waals surface area (Å²) in [5.41, 5.74) is 1.23. The number of nitrogens with zero attached hydrogens (tertiary/aromatic N) is 1. The van der Waals surface area contributed by atoms with E-state index in [9.17, 15) is 9.59 Å². The minimum Gasteiger partial charge on any atom is -0.493 e. The lowest BCUT2D eigenvalue weighted by atomic mass is 9.89. The maximum absolute atomic E-state index is 12.1. The number of methoxy groups -OCH3 is 2. The Morgan fingerprint density at radius 1 is 1.04 bits per heavy atom. The topological polar surface area (TPSA) is 65.1 Å². The normalized spacial score (nSPS) is 18.4. The summed E-state index contributed by atoms with van der Waals surface area (Å²) in [6, 6.07) is 6.18. The first kappa shape index (κ1) is 19.5. The van der Waals surface area contributed by atoms with E-state index in [0.29, 0.717) is 19.0 Å². The summed E-state index contributed by atoms with van der Waals surface area (Å²) in [5, 5.41) is 0. The molecule has 0 radical (unpaired) electrons. The van der Waals surface area contributed by atoms with E-state index in [-0.39, 0.29) is 18.4 Å². The summed E-state index contributed by atoms with van der Waals surface area (Å²) < 4.78 is 16.3. The average Bonchev–Trinajstić information content (AvgIpc) is 3.21. The van der Waals surface area contributed by atoms with E-state index in [4.69, 9.17) is 9.47 Å². The third kappa shape index (κ3) is 4.93. The highest BCUT2D eigenvalue weighted by atomic mass is 16.5. The number of esters is 1. The molecule has 1 aliphatic carbocycles. The van der Waals surface area contributed by atoms with Crippen molar-refractivity contribution in [1.29, 1.82) is 0 Å². The number of ether oxygens (including phenoxy) is 3. The SMILES string of the molecule is COC(=O)CC(=O)N1CCC(c2ccc(OC)c(OC3CCCC3)c2)CC1. The average molecular weight is 375 g/mol. The Kier molecular flexibility index (Phi) is 6.58. The molecule has 0 aromatic heterocycles. The third-order valence-corrected chi connectivity index (χ3v) is 5.63. The monoisotopic (exact) mass is 375 g/mol. The molecule has 1 saturated carbocycles. The molecule has 0 spiro atoms. The Bertz CT molecular complexity index is 661. The summed E-state index contributed by atoms with van der Waals surface area (Å²) >= 11 is 0. The van der Waals surface area contributed by atoms with Gasteiger partial charge >= 0.3 is 5.97 Å². The van der Waals surface area contributed by atoms with E-state index in [2.05, 4.69) is 16.9 Å². The maximum atomic E-state index is 12.1. The molecule has 1 heterocycles. The Labute approximate surface area is 160 Å². The van der Waals surface area contributed by atoms with Crippen molar-refractivity contribution in [3.63, 3.8) is 0 Å². The molecule has 0 atom stereocenters. The first-order chi connectivity index (χ1) is 13.1. The quantitative estimate of drug-likeness (QED) is 0.564. The van der Waals surface area contributed by atoms with Crippen LogP contribution in [0.15, 0.2) is 18.2 Å². The Hall–Kier alpha value is -2.24. The minimum absolute atomic E-state index is 0.153. The highest BCUT2D eigenvalue weighted by molar-refractivity contribution is 5.94. The number of likely N-dealkylation sites (tertiary alicyclic amines) is 1. The van der Waals surface area contributed by atoms with E-state index in [1.165, 1.54) is 25.5 Å². The Morgan fingerprint density at radius 2 is 1.74 bits per heavy atom. The van der Waals surface area contributed by atoms with E-state index in [0.717, 1.165) is 37.2 Å². The molecule has 1 aliphatic heterocycles. The van der Waals surface area contributed by atoms with Gasteiger partial charge in [0.1, 0.15) is 6.42 Å². The maximum Gasteiger partial charge on any atom is 0.315 e. The molecule has 1 aromatic carbocycles. The second-order valence-electron chi connectivity index (χ2n) is 7.34. The predicted molar refractivity (Wildman–Crippen MR) is 101 cm³/mol. The zero-order valence-electron chi connectivity index (χ0n) is 16.2. The molecular formula is C21H29NO5. The van der Waals surface area contributed by atoms with Crippen LogP contribution in [0.3, 0.4) is 0 Å². The first-order valence-electron chi connectivity index (χ1n) is 9.80. The van der Waals surface area contributed by atoms with E-state index < -0.39 is 5.97 Å². The summed E-state index contributed by atoms with van der Waals surface area (Å²) in [6.45, 7) is 1.32. The molecule has 0 unspecified atom stereocenters. The first-order valence-corrected chi connectivity index (χ1v) is 9.80. The molecule has 1 amide bonds. The van der Waals surface area contributed by atoms with Gasteiger partial charge in [-0.05, 0) is 62.1 Å². The standard InChI is InChI=1S/C21H29NO5/c1-25-18-8-7-16(13-19(18)27-17-5-3-4-6-17)15-9-11-22(12-10-15)20(23)14-21(24)26-2/h7-8,13,15,17H,3-6,9-12,14H2,1-2H3. The zero-order chi connectivity index (χ0) is 19.2. The number of benzene rings is 1. The third-order valence-electron chi connectivity index (χ3n) is 5.63. The number of hydrogen-bond donors (Lipinski definition) is 0. The lowest BCUT2D eigenvalue weighted by molar-refractivity contribution is -0.147. The van der Waals surface area contributed by atoms with Crippen LogP contribution >= 0.6 is 0 Å². The van der Waals surface area contributed by atoms with Crippen LogP contribution in [0.4, 0.5) is 0 Å². The van der Waals surface area contributed by atoms with Gasteiger partial charge in [0.25, 0.3) is 0 Å².